The highest BCUT2D eigenvalue weighted by Crippen LogP contribution is 2.21. The van der Waals surface area contributed by atoms with Crippen molar-refractivity contribution in [1.82, 2.24) is 20.4 Å². The molecule has 3 aromatic rings. The number of thiazole rings is 1. The summed E-state index contributed by atoms with van der Waals surface area (Å²) in [5.74, 6) is 0.465. The van der Waals surface area contributed by atoms with E-state index >= 15 is 0 Å². The third kappa shape index (κ3) is 4.79. The first kappa shape index (κ1) is 20.3. The predicted molar refractivity (Wildman–Crippen MR) is 103 cm³/mol. The monoisotopic (exact) mass is 413 g/mol. The SMILES string of the molecule is CC(NC(=O)c1csc(CCN)n1)c1noc(-c2ccc(Cl)cc2)n1.Cl. The molecule has 0 aliphatic rings. The standard InChI is InChI=1S/C16H16ClN5O2S.ClH/c1-9(19-15(23)12-8-25-13(20-12)6-7-18)14-21-16(24-22-14)10-2-4-11(17)5-3-10;/h2-5,8-9H,6-7,18H2,1H3,(H,19,23);1H. The van der Waals surface area contributed by atoms with Crippen LogP contribution in [0.1, 0.15) is 34.3 Å². The van der Waals surface area contributed by atoms with E-state index in [9.17, 15) is 4.79 Å². The lowest BCUT2D eigenvalue weighted by atomic mass is 10.2. The van der Waals surface area contributed by atoms with Crippen LogP contribution in [-0.4, -0.2) is 27.6 Å². The first-order valence-electron chi connectivity index (χ1n) is 7.61. The Kier molecular flexibility index (Phi) is 7.10. The van der Waals surface area contributed by atoms with Crippen molar-refractivity contribution >= 4 is 41.3 Å². The predicted octanol–water partition coefficient (Wildman–Crippen LogP) is 3.26. The van der Waals surface area contributed by atoms with Crippen molar-refractivity contribution in [3.8, 4) is 11.5 Å². The zero-order valence-electron chi connectivity index (χ0n) is 13.8. The molecule has 0 aliphatic heterocycles. The zero-order chi connectivity index (χ0) is 17.8. The highest BCUT2D eigenvalue weighted by Gasteiger charge is 2.19. The summed E-state index contributed by atoms with van der Waals surface area (Å²) in [7, 11) is 0. The molecule has 0 saturated heterocycles. The Hall–Kier alpha value is -2.00. The minimum absolute atomic E-state index is 0. The number of nitrogens with zero attached hydrogens (tertiary/aromatic N) is 3. The maximum Gasteiger partial charge on any atom is 0.271 e. The van der Waals surface area contributed by atoms with E-state index in [1.165, 1.54) is 11.3 Å². The van der Waals surface area contributed by atoms with Gasteiger partial charge in [0.25, 0.3) is 11.8 Å². The van der Waals surface area contributed by atoms with Gasteiger partial charge in [-0.05, 0) is 37.7 Å². The summed E-state index contributed by atoms with van der Waals surface area (Å²) in [6, 6.07) is 6.64. The Morgan fingerprint density at radius 2 is 2.08 bits per heavy atom. The molecule has 0 fully saturated rings. The molecule has 2 heterocycles. The summed E-state index contributed by atoms with van der Waals surface area (Å²) in [5, 5.41) is 9.91. The fourth-order valence-corrected chi connectivity index (χ4v) is 3.03. The molecule has 1 atom stereocenters. The number of amides is 1. The van der Waals surface area contributed by atoms with E-state index in [-0.39, 0.29) is 18.3 Å². The Labute approximate surface area is 165 Å². The number of aromatic nitrogens is 3. The minimum Gasteiger partial charge on any atom is -0.341 e. The van der Waals surface area contributed by atoms with Crippen LogP contribution in [0.2, 0.25) is 5.02 Å². The van der Waals surface area contributed by atoms with E-state index in [1.54, 1.807) is 36.6 Å². The van der Waals surface area contributed by atoms with Crippen LogP contribution >= 0.6 is 35.3 Å². The topological polar surface area (TPSA) is 107 Å². The number of benzene rings is 1. The summed E-state index contributed by atoms with van der Waals surface area (Å²) in [6.07, 6.45) is 0.656. The second kappa shape index (κ2) is 9.09. The number of carbonyl (C=O) groups is 1. The Morgan fingerprint density at radius 3 is 2.77 bits per heavy atom. The van der Waals surface area contributed by atoms with E-state index < -0.39 is 6.04 Å². The van der Waals surface area contributed by atoms with Crippen LogP contribution in [0.25, 0.3) is 11.5 Å². The van der Waals surface area contributed by atoms with E-state index in [2.05, 4.69) is 20.4 Å². The smallest absolute Gasteiger partial charge is 0.271 e. The van der Waals surface area contributed by atoms with Gasteiger partial charge in [0.1, 0.15) is 5.69 Å². The molecule has 10 heteroatoms. The largest absolute Gasteiger partial charge is 0.341 e. The lowest BCUT2D eigenvalue weighted by Gasteiger charge is -2.08. The molecule has 26 heavy (non-hydrogen) atoms. The summed E-state index contributed by atoms with van der Waals surface area (Å²) in [4.78, 5) is 20.8. The van der Waals surface area contributed by atoms with Crippen LogP contribution in [0, 0.1) is 0 Å². The van der Waals surface area contributed by atoms with Gasteiger partial charge in [0.2, 0.25) is 0 Å². The second-order valence-corrected chi connectivity index (χ2v) is 6.70. The third-order valence-electron chi connectivity index (χ3n) is 3.41. The zero-order valence-corrected chi connectivity index (χ0v) is 16.2. The molecule has 3 rings (SSSR count). The number of rotatable bonds is 6. The van der Waals surface area contributed by atoms with Crippen LogP contribution < -0.4 is 11.1 Å². The van der Waals surface area contributed by atoms with Crippen LogP contribution in [-0.2, 0) is 6.42 Å². The molecule has 1 unspecified atom stereocenters. The molecule has 1 amide bonds. The molecule has 2 aromatic heterocycles. The summed E-state index contributed by atoms with van der Waals surface area (Å²) < 4.78 is 5.25. The van der Waals surface area contributed by atoms with E-state index in [0.717, 1.165) is 10.6 Å². The van der Waals surface area contributed by atoms with Crippen molar-refractivity contribution in [3.05, 3.63) is 51.2 Å². The third-order valence-corrected chi connectivity index (χ3v) is 4.57. The first-order chi connectivity index (χ1) is 12.1. The molecular weight excluding hydrogens is 397 g/mol. The number of halogens is 2. The lowest BCUT2D eigenvalue weighted by molar-refractivity contribution is 0.0933. The normalized spacial score (nSPS) is 11.7. The minimum atomic E-state index is -0.419. The molecule has 7 nitrogen and oxygen atoms in total. The van der Waals surface area contributed by atoms with Gasteiger partial charge in [0, 0.05) is 22.4 Å². The Bertz CT molecular complexity index is 866. The molecule has 0 aliphatic carbocycles. The highest BCUT2D eigenvalue weighted by atomic mass is 35.5. The van der Waals surface area contributed by atoms with Gasteiger partial charge in [-0.25, -0.2) is 4.98 Å². The fourth-order valence-electron chi connectivity index (χ4n) is 2.11. The molecule has 0 saturated carbocycles. The van der Waals surface area contributed by atoms with Crippen molar-refractivity contribution in [3.63, 3.8) is 0 Å². The summed E-state index contributed by atoms with van der Waals surface area (Å²) in [5.41, 5.74) is 6.61. The molecule has 1 aromatic carbocycles. The van der Waals surface area contributed by atoms with Gasteiger partial charge in [0.15, 0.2) is 5.82 Å². The first-order valence-corrected chi connectivity index (χ1v) is 8.87. The lowest BCUT2D eigenvalue weighted by Crippen LogP contribution is -2.27. The summed E-state index contributed by atoms with van der Waals surface area (Å²) in [6.45, 7) is 2.28. The van der Waals surface area contributed by atoms with E-state index in [4.69, 9.17) is 21.9 Å². The molecule has 138 valence electrons. The van der Waals surface area contributed by atoms with Crippen LogP contribution in [0.4, 0.5) is 0 Å². The van der Waals surface area contributed by atoms with Gasteiger partial charge in [-0.1, -0.05) is 16.8 Å². The van der Waals surface area contributed by atoms with Crippen molar-refractivity contribution in [2.24, 2.45) is 5.73 Å². The Morgan fingerprint density at radius 1 is 1.35 bits per heavy atom. The van der Waals surface area contributed by atoms with Crippen LogP contribution in [0.5, 0.6) is 0 Å². The molecule has 0 radical (unpaired) electrons. The average molecular weight is 414 g/mol. The van der Waals surface area contributed by atoms with Crippen molar-refractivity contribution in [2.45, 2.75) is 19.4 Å². The van der Waals surface area contributed by atoms with Gasteiger partial charge in [-0.2, -0.15) is 4.98 Å². The molecule has 0 bridgehead atoms. The van der Waals surface area contributed by atoms with Gasteiger partial charge in [-0.15, -0.1) is 23.7 Å². The average Bonchev–Trinajstić information content (AvgIpc) is 3.25. The van der Waals surface area contributed by atoms with Gasteiger partial charge < -0.3 is 15.6 Å². The van der Waals surface area contributed by atoms with Crippen molar-refractivity contribution in [2.75, 3.05) is 6.54 Å². The second-order valence-electron chi connectivity index (χ2n) is 5.32. The Balaban J connectivity index is 0.00000243. The number of nitrogens with two attached hydrogens (primary N) is 1. The summed E-state index contributed by atoms with van der Waals surface area (Å²) >= 11 is 7.28. The van der Waals surface area contributed by atoms with Crippen LogP contribution in [0.15, 0.2) is 34.2 Å². The molecular formula is C16H17Cl2N5O2S. The van der Waals surface area contributed by atoms with Gasteiger partial charge in [-0.3, -0.25) is 4.79 Å². The van der Waals surface area contributed by atoms with E-state index in [0.29, 0.717) is 35.4 Å². The van der Waals surface area contributed by atoms with Crippen molar-refractivity contribution in [1.29, 1.82) is 0 Å². The van der Waals surface area contributed by atoms with Crippen molar-refractivity contribution < 1.29 is 9.32 Å². The molecule has 3 N–H and O–H groups in total. The number of carbonyl (C=O) groups excluding carboxylic acids is 1. The van der Waals surface area contributed by atoms with E-state index in [1.807, 2.05) is 0 Å². The maximum atomic E-state index is 12.3. The number of hydrogen-bond donors (Lipinski definition) is 2. The maximum absolute atomic E-state index is 12.3. The van der Waals surface area contributed by atoms with Gasteiger partial charge in [0.05, 0.1) is 11.0 Å². The molecule has 0 spiro atoms. The number of nitrogens with one attached hydrogen (secondary N) is 1. The highest BCUT2D eigenvalue weighted by molar-refractivity contribution is 7.09. The number of hydrogen-bond acceptors (Lipinski definition) is 7. The quantitative estimate of drug-likeness (QED) is 0.641. The van der Waals surface area contributed by atoms with Gasteiger partial charge >= 0.3 is 0 Å². The fraction of sp³-hybridized carbons (Fsp3) is 0.250. The van der Waals surface area contributed by atoms with Crippen LogP contribution in [0.3, 0.4) is 0 Å².